The van der Waals surface area contributed by atoms with Crippen molar-refractivity contribution in [3.05, 3.63) is 12.7 Å². The van der Waals surface area contributed by atoms with E-state index in [9.17, 15) is 15.3 Å². The Morgan fingerprint density at radius 2 is 2.19 bits per heavy atom. The molecule has 0 saturated carbocycles. The average Bonchev–Trinajstić information content (AvgIpc) is 3.02. The number of nitrogens with zero attached hydrogens (tertiary/aromatic N) is 5. The van der Waals surface area contributed by atoms with Gasteiger partial charge in [-0.25, -0.2) is 15.0 Å². The Morgan fingerprint density at radius 3 is 2.81 bits per heavy atom. The Labute approximate surface area is 118 Å². The summed E-state index contributed by atoms with van der Waals surface area (Å²) in [5, 5.41) is 38.4. The number of anilines is 1. The predicted octanol–water partition coefficient (Wildman–Crippen LogP) is -2.09. The van der Waals surface area contributed by atoms with E-state index in [0.717, 1.165) is 0 Å². The van der Waals surface area contributed by atoms with E-state index in [0.29, 0.717) is 5.52 Å². The van der Waals surface area contributed by atoms with Gasteiger partial charge in [0.05, 0.1) is 12.9 Å². The first-order valence-corrected chi connectivity index (χ1v) is 6.03. The molecule has 21 heavy (non-hydrogen) atoms. The fourth-order valence-electron chi connectivity index (χ4n) is 2.32. The standard InChI is InChI=1S/C11H12N6O4/c12-1-11(2-18)7(20)6(19)10(21-11)17-4-16-5-8(13)14-3-15-9(5)17/h3-4,6-7,10,18-20H,2H2,(H2,13,14,15)/t6-,7+,10-,11-/m1/s1. The van der Waals surface area contributed by atoms with E-state index >= 15 is 0 Å². The number of hydrogen-bond acceptors (Lipinski definition) is 9. The van der Waals surface area contributed by atoms with Crippen molar-refractivity contribution in [3.63, 3.8) is 0 Å². The van der Waals surface area contributed by atoms with Crippen molar-refractivity contribution in [1.82, 2.24) is 19.5 Å². The molecule has 0 amide bonds. The maximum atomic E-state index is 10.1. The number of aliphatic hydroxyl groups is 3. The molecule has 110 valence electrons. The van der Waals surface area contributed by atoms with Crippen molar-refractivity contribution >= 4 is 17.0 Å². The van der Waals surface area contributed by atoms with Crippen molar-refractivity contribution in [3.8, 4) is 6.07 Å². The van der Waals surface area contributed by atoms with Crippen molar-refractivity contribution in [2.45, 2.75) is 24.0 Å². The molecule has 1 aliphatic rings. The third-order valence-corrected chi connectivity index (χ3v) is 3.51. The molecule has 5 N–H and O–H groups in total. The van der Waals surface area contributed by atoms with Crippen LogP contribution in [-0.2, 0) is 4.74 Å². The fraction of sp³-hybridized carbons (Fsp3) is 0.455. The molecule has 0 spiro atoms. The zero-order chi connectivity index (χ0) is 15.2. The van der Waals surface area contributed by atoms with Gasteiger partial charge in [-0.15, -0.1) is 0 Å². The van der Waals surface area contributed by atoms with Crippen LogP contribution >= 0.6 is 0 Å². The second kappa shape index (κ2) is 4.61. The van der Waals surface area contributed by atoms with Crippen molar-refractivity contribution < 1.29 is 20.1 Å². The highest BCUT2D eigenvalue weighted by atomic mass is 16.6. The molecule has 0 bridgehead atoms. The smallest absolute Gasteiger partial charge is 0.207 e. The van der Waals surface area contributed by atoms with Gasteiger partial charge in [0.25, 0.3) is 0 Å². The van der Waals surface area contributed by atoms with Gasteiger partial charge < -0.3 is 25.8 Å². The monoisotopic (exact) mass is 292 g/mol. The molecule has 1 aliphatic heterocycles. The van der Waals surface area contributed by atoms with E-state index in [1.165, 1.54) is 17.2 Å². The number of aromatic nitrogens is 4. The molecule has 1 saturated heterocycles. The molecule has 2 aromatic heterocycles. The van der Waals surface area contributed by atoms with Gasteiger partial charge in [-0.05, 0) is 0 Å². The Morgan fingerprint density at radius 1 is 1.43 bits per heavy atom. The maximum absolute atomic E-state index is 10.1. The molecule has 1 fully saturated rings. The number of aliphatic hydroxyl groups excluding tert-OH is 3. The van der Waals surface area contributed by atoms with E-state index in [2.05, 4.69) is 15.0 Å². The average molecular weight is 292 g/mol. The molecular formula is C11H12N6O4. The van der Waals surface area contributed by atoms with E-state index in [1.807, 2.05) is 0 Å². The predicted molar refractivity (Wildman–Crippen MR) is 67.3 cm³/mol. The van der Waals surface area contributed by atoms with Crippen LogP contribution in [0.25, 0.3) is 11.2 Å². The molecule has 2 aromatic rings. The zero-order valence-corrected chi connectivity index (χ0v) is 10.7. The Bertz CT molecular complexity index is 727. The lowest BCUT2D eigenvalue weighted by atomic mass is 9.98. The van der Waals surface area contributed by atoms with Crippen LogP contribution in [0.4, 0.5) is 5.82 Å². The number of hydrogen-bond donors (Lipinski definition) is 4. The number of fused-ring (bicyclic) bond motifs is 1. The minimum absolute atomic E-state index is 0.153. The first-order chi connectivity index (χ1) is 10.0. The number of nitrogen functional groups attached to an aromatic ring is 1. The summed E-state index contributed by atoms with van der Waals surface area (Å²) >= 11 is 0. The van der Waals surface area contributed by atoms with Crippen LogP contribution in [0.3, 0.4) is 0 Å². The van der Waals surface area contributed by atoms with Gasteiger partial charge in [0.1, 0.15) is 30.1 Å². The molecule has 10 heteroatoms. The molecule has 3 rings (SSSR count). The lowest BCUT2D eigenvalue weighted by Gasteiger charge is -2.21. The molecular weight excluding hydrogens is 280 g/mol. The summed E-state index contributed by atoms with van der Waals surface area (Å²) in [5.74, 6) is 0.153. The maximum Gasteiger partial charge on any atom is 0.207 e. The summed E-state index contributed by atoms with van der Waals surface area (Å²) in [5.41, 5.74) is 4.35. The SMILES string of the molecule is N#C[C@]1(CO)O[C@@H](n2cnc3c(N)ncnc32)[C@H](O)[C@@H]1O. The summed E-state index contributed by atoms with van der Waals surface area (Å²) < 4.78 is 6.70. The minimum Gasteiger partial charge on any atom is -0.392 e. The summed E-state index contributed by atoms with van der Waals surface area (Å²) in [6.45, 7) is -0.762. The van der Waals surface area contributed by atoms with Crippen LogP contribution in [0.2, 0.25) is 0 Å². The fourth-order valence-corrected chi connectivity index (χ4v) is 2.32. The van der Waals surface area contributed by atoms with Gasteiger partial charge >= 0.3 is 0 Å². The second-order valence-electron chi connectivity index (χ2n) is 4.69. The van der Waals surface area contributed by atoms with Crippen LogP contribution in [0.5, 0.6) is 0 Å². The highest BCUT2D eigenvalue weighted by molar-refractivity contribution is 5.81. The molecule has 0 aliphatic carbocycles. The van der Waals surface area contributed by atoms with Crippen LogP contribution in [0.1, 0.15) is 6.23 Å². The Balaban J connectivity index is 2.08. The highest BCUT2D eigenvalue weighted by Crippen LogP contribution is 2.37. The van der Waals surface area contributed by atoms with Gasteiger partial charge in [0.15, 0.2) is 17.7 Å². The molecule has 4 atom stereocenters. The highest BCUT2D eigenvalue weighted by Gasteiger charge is 2.55. The Hall–Kier alpha value is -2.32. The van der Waals surface area contributed by atoms with E-state index in [-0.39, 0.29) is 11.5 Å². The van der Waals surface area contributed by atoms with Crippen LogP contribution in [-0.4, -0.2) is 59.3 Å². The molecule has 3 heterocycles. The first-order valence-electron chi connectivity index (χ1n) is 6.03. The van der Waals surface area contributed by atoms with E-state index in [4.69, 9.17) is 15.7 Å². The third kappa shape index (κ3) is 1.76. The van der Waals surface area contributed by atoms with Crippen LogP contribution in [0.15, 0.2) is 12.7 Å². The summed E-state index contributed by atoms with van der Waals surface area (Å²) in [6.07, 6.45) is -1.62. The zero-order valence-electron chi connectivity index (χ0n) is 10.7. The molecule has 0 radical (unpaired) electrons. The Kier molecular flexibility index (Phi) is 2.99. The van der Waals surface area contributed by atoms with Gasteiger partial charge in [-0.3, -0.25) is 4.57 Å². The number of nitriles is 1. The largest absolute Gasteiger partial charge is 0.392 e. The normalized spacial score (nSPS) is 32.4. The first kappa shape index (κ1) is 13.7. The van der Waals surface area contributed by atoms with Crippen molar-refractivity contribution in [2.75, 3.05) is 12.3 Å². The lowest BCUT2D eigenvalue weighted by Crippen LogP contribution is -2.44. The number of imidazole rings is 1. The molecule has 0 unspecified atom stereocenters. The van der Waals surface area contributed by atoms with Gasteiger partial charge in [-0.1, -0.05) is 0 Å². The lowest BCUT2D eigenvalue weighted by molar-refractivity contribution is -0.0923. The van der Waals surface area contributed by atoms with Gasteiger partial charge in [-0.2, -0.15) is 5.26 Å². The van der Waals surface area contributed by atoms with Crippen molar-refractivity contribution in [2.24, 2.45) is 0 Å². The number of ether oxygens (including phenoxy) is 1. The van der Waals surface area contributed by atoms with Crippen molar-refractivity contribution in [1.29, 1.82) is 5.26 Å². The number of nitrogens with two attached hydrogens (primary N) is 1. The number of rotatable bonds is 2. The van der Waals surface area contributed by atoms with E-state index < -0.39 is 30.6 Å². The van der Waals surface area contributed by atoms with Gasteiger partial charge in [0, 0.05) is 0 Å². The quantitative estimate of drug-likeness (QED) is 0.486. The minimum atomic E-state index is -1.90. The summed E-state index contributed by atoms with van der Waals surface area (Å²) in [7, 11) is 0. The second-order valence-corrected chi connectivity index (χ2v) is 4.69. The third-order valence-electron chi connectivity index (χ3n) is 3.51. The molecule has 10 nitrogen and oxygen atoms in total. The van der Waals surface area contributed by atoms with Crippen LogP contribution in [0, 0.1) is 11.3 Å². The van der Waals surface area contributed by atoms with E-state index in [1.54, 1.807) is 6.07 Å². The molecule has 0 aromatic carbocycles. The summed E-state index contributed by atoms with van der Waals surface area (Å²) in [4.78, 5) is 11.8. The van der Waals surface area contributed by atoms with Crippen LogP contribution < -0.4 is 5.73 Å². The summed E-state index contributed by atoms with van der Waals surface area (Å²) in [6, 6.07) is 1.69. The van der Waals surface area contributed by atoms with Gasteiger partial charge in [0.2, 0.25) is 5.60 Å². The topological polar surface area (TPSA) is 163 Å².